The van der Waals surface area contributed by atoms with Gasteiger partial charge in [-0.1, -0.05) is 22.3 Å². The summed E-state index contributed by atoms with van der Waals surface area (Å²) < 4.78 is 66.4. The Balaban J connectivity index is -0.00000160. The molecule has 0 aliphatic heterocycles. The maximum absolute atomic E-state index is 11.7. The summed E-state index contributed by atoms with van der Waals surface area (Å²) in [6.45, 7) is -3.73. The molecule has 0 bridgehead atoms. The third-order valence-corrected chi connectivity index (χ3v) is 5.46. The Morgan fingerprint density at radius 3 is 1.63 bits per heavy atom. The summed E-state index contributed by atoms with van der Waals surface area (Å²) in [7, 11) is -11.8. The zero-order valence-electron chi connectivity index (χ0n) is 17.4. The molecule has 0 aromatic rings. The highest BCUT2D eigenvalue weighted by atomic mass is 31.2. The van der Waals surface area contributed by atoms with Gasteiger partial charge in [-0.15, -0.1) is 0 Å². The van der Waals surface area contributed by atoms with Crippen LogP contribution in [0.15, 0.2) is 0 Å². The molecule has 0 saturated carbocycles. The number of rotatable bonds is 21. The van der Waals surface area contributed by atoms with Gasteiger partial charge in [-0.3, -0.25) is 24.3 Å². The van der Waals surface area contributed by atoms with Crippen molar-refractivity contribution in [2.75, 3.05) is 67.2 Å². The molecular weight excluding hydrogens is 541 g/mol. The number of ether oxygens (including phenoxy) is 2. The van der Waals surface area contributed by atoms with Gasteiger partial charge in [-0.2, -0.15) is 0 Å². The summed E-state index contributed by atoms with van der Waals surface area (Å²) in [5.74, 6) is 0. The fourth-order valence-corrected chi connectivity index (χ4v) is 3.81. The zero-order chi connectivity index (χ0) is 24.7. The molecule has 0 aromatic carbocycles. The minimum atomic E-state index is -5.02. The van der Waals surface area contributed by atoms with Crippen LogP contribution in [0.3, 0.4) is 0 Å². The Bertz CT molecular complexity index is 639. The molecule has 35 heavy (non-hydrogen) atoms. The lowest BCUT2D eigenvalue weighted by Crippen LogP contribution is -2.28. The number of hydrogen-bond acceptors (Lipinski definition) is 15. The van der Waals surface area contributed by atoms with Gasteiger partial charge in [0.1, 0.15) is 12.2 Å². The van der Waals surface area contributed by atoms with E-state index in [1.807, 2.05) is 0 Å². The number of aliphatic hydroxyl groups excluding tert-OH is 1. The minimum Gasteiger partial charge on any atom is -0.756 e. The van der Waals surface area contributed by atoms with Crippen molar-refractivity contribution < 1.29 is 70.5 Å². The van der Waals surface area contributed by atoms with Crippen LogP contribution in [0, 0.1) is 0 Å². The van der Waals surface area contributed by atoms with Gasteiger partial charge in [0.25, 0.3) is 15.6 Å². The van der Waals surface area contributed by atoms with Crippen LogP contribution in [-0.2, 0) is 45.8 Å². The second-order valence-corrected chi connectivity index (χ2v) is 9.69. The molecule has 0 saturated heterocycles. The van der Waals surface area contributed by atoms with Gasteiger partial charge < -0.3 is 52.2 Å². The molecule has 218 valence electrons. The molecule has 0 aromatic heterocycles. The highest BCUT2D eigenvalue weighted by Gasteiger charge is 2.25. The van der Waals surface area contributed by atoms with Crippen LogP contribution in [-0.4, -0.2) is 94.3 Å². The summed E-state index contributed by atoms with van der Waals surface area (Å²) in [5, 5.41) is 14.3. The zero-order valence-corrected chi connectivity index (χ0v) is 20.1. The Hall–Kier alpha value is 0.130. The number of phosphoric ester groups is 3. The Morgan fingerprint density at radius 2 is 1.20 bits per heavy atom. The van der Waals surface area contributed by atoms with E-state index in [4.69, 9.17) is 24.4 Å². The van der Waals surface area contributed by atoms with Crippen molar-refractivity contribution >= 4 is 23.5 Å². The highest BCUT2D eigenvalue weighted by Crippen LogP contribution is 2.43. The second-order valence-electron chi connectivity index (χ2n) is 5.72. The van der Waals surface area contributed by atoms with Crippen molar-refractivity contribution in [2.45, 2.75) is 34.5 Å². The standard InChI is InChI=1S/C12H31N2O15P3.3CH4/c1-13-9-23-6-11(5-15)29-32(21,22)26-4-3-25-31(19,20)27-8-12(7-24-10-14-2)28-30(16,17)18;;;/h11-15H,3-10H2,1-2H3,(H,19,20)(H,21,22)(H2,16,17,18);3*1H4/p-2. The molecule has 0 radical (unpaired) electrons. The molecule has 4 unspecified atom stereocenters. The van der Waals surface area contributed by atoms with Gasteiger partial charge in [0, 0.05) is 0 Å². The van der Waals surface area contributed by atoms with E-state index in [1.165, 1.54) is 7.05 Å². The van der Waals surface area contributed by atoms with Crippen LogP contribution in [0.1, 0.15) is 22.3 Å². The van der Waals surface area contributed by atoms with E-state index in [0.717, 1.165) is 0 Å². The van der Waals surface area contributed by atoms with Crippen LogP contribution in [0.5, 0.6) is 0 Å². The normalized spacial score (nSPS) is 16.5. The molecule has 20 heteroatoms. The molecular formula is C15H41N2O15P3-2. The van der Waals surface area contributed by atoms with Gasteiger partial charge in [0.15, 0.2) is 0 Å². The van der Waals surface area contributed by atoms with Gasteiger partial charge in [0.05, 0.1) is 53.1 Å². The number of hydrogen-bond donors (Lipinski definition) is 5. The van der Waals surface area contributed by atoms with Crippen molar-refractivity contribution in [3.63, 3.8) is 0 Å². The fraction of sp³-hybridized carbons (Fsp3) is 1.00. The van der Waals surface area contributed by atoms with Gasteiger partial charge in [0.2, 0.25) is 0 Å². The third-order valence-electron chi connectivity index (χ3n) is 2.87. The van der Waals surface area contributed by atoms with Crippen molar-refractivity contribution in [1.29, 1.82) is 0 Å². The Labute approximate surface area is 206 Å². The lowest BCUT2D eigenvalue weighted by Gasteiger charge is -2.28. The maximum atomic E-state index is 11.7. The summed E-state index contributed by atoms with van der Waals surface area (Å²) >= 11 is 0. The van der Waals surface area contributed by atoms with Crippen molar-refractivity contribution in [2.24, 2.45) is 0 Å². The highest BCUT2D eigenvalue weighted by molar-refractivity contribution is 7.46. The van der Waals surface area contributed by atoms with E-state index in [2.05, 4.69) is 33.3 Å². The second kappa shape index (κ2) is 22.1. The van der Waals surface area contributed by atoms with Crippen molar-refractivity contribution in [3.05, 3.63) is 0 Å². The van der Waals surface area contributed by atoms with Crippen molar-refractivity contribution in [3.8, 4) is 0 Å². The summed E-state index contributed by atoms with van der Waals surface area (Å²) in [6.07, 6.45) is -2.69. The van der Waals surface area contributed by atoms with E-state index < -0.39 is 68.7 Å². The van der Waals surface area contributed by atoms with E-state index in [1.54, 1.807) is 7.05 Å². The average Bonchev–Trinajstić information content (AvgIpc) is 2.68. The monoisotopic (exact) mass is 582 g/mol. The predicted molar refractivity (Wildman–Crippen MR) is 122 cm³/mol. The first kappa shape index (κ1) is 42.2. The van der Waals surface area contributed by atoms with E-state index in [0.29, 0.717) is 0 Å². The molecule has 0 rings (SSSR count). The van der Waals surface area contributed by atoms with Gasteiger partial charge in [-0.05, 0) is 14.1 Å². The Kier molecular flexibility index (Phi) is 26.7. The quantitative estimate of drug-likeness (QED) is 0.0626. The predicted octanol–water partition coefficient (Wildman–Crippen LogP) is -0.876. The molecule has 0 aliphatic rings. The molecule has 0 heterocycles. The number of phosphoric acid groups is 3. The first-order valence-electron chi connectivity index (χ1n) is 8.87. The molecule has 0 aliphatic carbocycles. The van der Waals surface area contributed by atoms with Crippen LogP contribution < -0.4 is 20.4 Å². The first-order valence-corrected chi connectivity index (χ1v) is 13.3. The number of aliphatic hydroxyl groups is 1. The topological polar surface area (TPSA) is 247 Å². The average molecular weight is 582 g/mol. The number of nitrogens with one attached hydrogen (secondary N) is 2. The van der Waals surface area contributed by atoms with Gasteiger partial charge >= 0.3 is 7.82 Å². The minimum absolute atomic E-state index is 0. The molecule has 0 spiro atoms. The van der Waals surface area contributed by atoms with Crippen LogP contribution in [0.2, 0.25) is 0 Å². The molecule has 17 nitrogen and oxygen atoms in total. The maximum Gasteiger partial charge on any atom is 0.470 e. The van der Waals surface area contributed by atoms with E-state index in [-0.39, 0.29) is 42.3 Å². The Morgan fingerprint density at radius 1 is 0.743 bits per heavy atom. The first-order chi connectivity index (χ1) is 14.8. The summed E-state index contributed by atoms with van der Waals surface area (Å²) in [5.41, 5.74) is 0. The fourth-order valence-electron chi connectivity index (χ4n) is 1.73. The molecule has 0 amide bonds. The van der Waals surface area contributed by atoms with Crippen molar-refractivity contribution in [1.82, 2.24) is 10.6 Å². The summed E-state index contributed by atoms with van der Waals surface area (Å²) in [4.78, 5) is 41.1. The van der Waals surface area contributed by atoms with E-state index in [9.17, 15) is 23.5 Å². The van der Waals surface area contributed by atoms with Crippen LogP contribution in [0.4, 0.5) is 0 Å². The lowest BCUT2D eigenvalue weighted by molar-refractivity contribution is -0.238. The molecule has 4 atom stereocenters. The molecule has 5 N–H and O–H groups in total. The van der Waals surface area contributed by atoms with E-state index >= 15 is 0 Å². The van der Waals surface area contributed by atoms with Gasteiger partial charge in [-0.25, -0.2) is 4.57 Å². The van der Waals surface area contributed by atoms with Crippen LogP contribution in [0.25, 0.3) is 0 Å². The third kappa shape index (κ3) is 25.6. The molecule has 0 fully saturated rings. The SMILES string of the molecule is C.C.C.CNCOCC(COP(=O)([O-])OCCOP(=O)([O-])OC(CO)COCNC)OP(=O)(O)O. The largest absolute Gasteiger partial charge is 0.756 e. The summed E-state index contributed by atoms with van der Waals surface area (Å²) in [6, 6.07) is 0. The smallest absolute Gasteiger partial charge is 0.470 e. The van der Waals surface area contributed by atoms with Crippen LogP contribution >= 0.6 is 23.5 Å². The lowest BCUT2D eigenvalue weighted by atomic mass is 10.4.